The minimum atomic E-state index is 0.653. The third kappa shape index (κ3) is 3.07. The zero-order chi connectivity index (χ0) is 13.8. The van der Waals surface area contributed by atoms with Gasteiger partial charge in [-0.3, -0.25) is 0 Å². The molecule has 2 N–H and O–H groups in total. The standard InChI is InChI=1S/C16H24N2O2/c17-6-1-7-18-8-4-13(5-9-18)14-2-3-15-16(12-14)20-11-10-19-15/h2-3,12-13H,1,4-11,17H2. The van der Waals surface area contributed by atoms with Crippen LogP contribution in [0, 0.1) is 0 Å². The Bertz CT molecular complexity index is 442. The van der Waals surface area contributed by atoms with Gasteiger partial charge in [0.2, 0.25) is 0 Å². The Morgan fingerprint density at radius 1 is 1.10 bits per heavy atom. The van der Waals surface area contributed by atoms with Crippen LogP contribution < -0.4 is 15.2 Å². The zero-order valence-corrected chi connectivity index (χ0v) is 12.0. The maximum absolute atomic E-state index is 5.68. The van der Waals surface area contributed by atoms with Crippen molar-refractivity contribution in [1.29, 1.82) is 0 Å². The minimum Gasteiger partial charge on any atom is -0.486 e. The number of nitrogens with two attached hydrogens (primary N) is 1. The number of likely N-dealkylation sites (tertiary alicyclic amines) is 1. The molecule has 0 bridgehead atoms. The average molecular weight is 276 g/mol. The number of rotatable bonds is 4. The molecule has 0 spiro atoms. The van der Waals surface area contributed by atoms with Crippen molar-refractivity contribution in [2.45, 2.75) is 25.2 Å². The van der Waals surface area contributed by atoms with Crippen LogP contribution in [0.1, 0.15) is 30.7 Å². The number of nitrogens with zero attached hydrogens (tertiary/aromatic N) is 1. The van der Waals surface area contributed by atoms with E-state index in [1.165, 1.54) is 31.5 Å². The highest BCUT2D eigenvalue weighted by molar-refractivity contribution is 5.44. The Morgan fingerprint density at radius 3 is 2.60 bits per heavy atom. The molecule has 0 unspecified atom stereocenters. The Hall–Kier alpha value is -1.26. The predicted octanol–water partition coefficient (Wildman–Crippen LogP) is 1.99. The van der Waals surface area contributed by atoms with E-state index in [1.807, 2.05) is 0 Å². The molecule has 1 fully saturated rings. The average Bonchev–Trinajstić information content (AvgIpc) is 2.53. The van der Waals surface area contributed by atoms with Gasteiger partial charge in [0.15, 0.2) is 11.5 Å². The maximum atomic E-state index is 5.68. The van der Waals surface area contributed by atoms with Crippen molar-refractivity contribution in [2.75, 3.05) is 39.4 Å². The predicted molar refractivity (Wildman–Crippen MR) is 79.5 cm³/mol. The van der Waals surface area contributed by atoms with E-state index >= 15 is 0 Å². The van der Waals surface area contributed by atoms with Crippen LogP contribution in [0.15, 0.2) is 18.2 Å². The summed E-state index contributed by atoms with van der Waals surface area (Å²) in [6, 6.07) is 6.44. The molecule has 0 amide bonds. The van der Waals surface area contributed by atoms with E-state index in [1.54, 1.807) is 0 Å². The van der Waals surface area contributed by atoms with E-state index in [-0.39, 0.29) is 0 Å². The number of hydrogen-bond donors (Lipinski definition) is 1. The SMILES string of the molecule is NCCCN1CCC(c2ccc3c(c2)OCCO3)CC1. The zero-order valence-electron chi connectivity index (χ0n) is 12.0. The largest absolute Gasteiger partial charge is 0.486 e. The molecule has 0 aromatic heterocycles. The molecule has 2 heterocycles. The quantitative estimate of drug-likeness (QED) is 0.913. The van der Waals surface area contributed by atoms with E-state index in [2.05, 4.69) is 23.1 Å². The van der Waals surface area contributed by atoms with Gasteiger partial charge in [0.1, 0.15) is 13.2 Å². The number of piperidine rings is 1. The van der Waals surface area contributed by atoms with Crippen LogP contribution in [-0.4, -0.2) is 44.3 Å². The lowest BCUT2D eigenvalue weighted by Crippen LogP contribution is -2.34. The molecule has 1 aromatic carbocycles. The molecule has 110 valence electrons. The lowest BCUT2D eigenvalue weighted by molar-refractivity contribution is 0.170. The number of benzene rings is 1. The first-order chi connectivity index (χ1) is 9.86. The van der Waals surface area contributed by atoms with Gasteiger partial charge < -0.3 is 20.1 Å². The van der Waals surface area contributed by atoms with Crippen LogP contribution in [0.2, 0.25) is 0 Å². The van der Waals surface area contributed by atoms with Gasteiger partial charge in [-0.25, -0.2) is 0 Å². The summed E-state index contributed by atoms with van der Waals surface area (Å²) < 4.78 is 11.3. The van der Waals surface area contributed by atoms with Crippen LogP contribution in [-0.2, 0) is 0 Å². The number of hydrogen-bond acceptors (Lipinski definition) is 4. The molecule has 1 aromatic rings. The molecule has 3 rings (SSSR count). The first-order valence-electron chi connectivity index (χ1n) is 7.69. The lowest BCUT2D eigenvalue weighted by atomic mass is 9.89. The van der Waals surface area contributed by atoms with Crippen molar-refractivity contribution in [1.82, 2.24) is 4.90 Å². The Balaban J connectivity index is 1.60. The summed E-state index contributed by atoms with van der Waals surface area (Å²) >= 11 is 0. The molecule has 0 saturated carbocycles. The van der Waals surface area contributed by atoms with E-state index in [0.717, 1.165) is 31.0 Å². The van der Waals surface area contributed by atoms with Crippen LogP contribution >= 0.6 is 0 Å². The van der Waals surface area contributed by atoms with Crippen LogP contribution in [0.4, 0.5) is 0 Å². The van der Waals surface area contributed by atoms with Gasteiger partial charge in [0.25, 0.3) is 0 Å². The molecule has 0 atom stereocenters. The summed E-state index contributed by atoms with van der Waals surface area (Å²) in [4.78, 5) is 2.53. The molecule has 20 heavy (non-hydrogen) atoms. The summed E-state index contributed by atoms with van der Waals surface area (Å²) in [5, 5.41) is 0. The second kappa shape index (κ2) is 6.46. The van der Waals surface area contributed by atoms with Gasteiger partial charge in [0, 0.05) is 0 Å². The van der Waals surface area contributed by atoms with Crippen LogP contribution in [0.25, 0.3) is 0 Å². The van der Waals surface area contributed by atoms with E-state index in [9.17, 15) is 0 Å². The second-order valence-corrected chi connectivity index (χ2v) is 5.66. The smallest absolute Gasteiger partial charge is 0.161 e. The molecule has 2 aliphatic heterocycles. The topological polar surface area (TPSA) is 47.7 Å². The maximum Gasteiger partial charge on any atom is 0.161 e. The Morgan fingerprint density at radius 2 is 1.85 bits per heavy atom. The first-order valence-corrected chi connectivity index (χ1v) is 7.69. The van der Waals surface area contributed by atoms with E-state index in [4.69, 9.17) is 15.2 Å². The molecule has 2 aliphatic rings. The van der Waals surface area contributed by atoms with Crippen molar-refractivity contribution >= 4 is 0 Å². The first kappa shape index (κ1) is 13.7. The molecule has 1 saturated heterocycles. The van der Waals surface area contributed by atoms with Gasteiger partial charge in [0.05, 0.1) is 0 Å². The Kier molecular flexibility index (Phi) is 4.43. The van der Waals surface area contributed by atoms with E-state index in [0.29, 0.717) is 19.1 Å². The van der Waals surface area contributed by atoms with Gasteiger partial charge in [-0.2, -0.15) is 0 Å². The van der Waals surface area contributed by atoms with E-state index < -0.39 is 0 Å². The third-order valence-corrected chi connectivity index (χ3v) is 4.30. The summed E-state index contributed by atoms with van der Waals surface area (Å²) in [6.07, 6.45) is 3.56. The highest BCUT2D eigenvalue weighted by Crippen LogP contribution is 2.36. The molecular weight excluding hydrogens is 252 g/mol. The Labute approximate surface area is 120 Å². The molecule has 0 aliphatic carbocycles. The van der Waals surface area contributed by atoms with Crippen LogP contribution in [0.5, 0.6) is 11.5 Å². The van der Waals surface area contributed by atoms with Crippen molar-refractivity contribution in [3.8, 4) is 11.5 Å². The molecule has 4 nitrogen and oxygen atoms in total. The van der Waals surface area contributed by atoms with Gasteiger partial charge in [-0.05, 0) is 69.1 Å². The third-order valence-electron chi connectivity index (χ3n) is 4.30. The highest BCUT2D eigenvalue weighted by Gasteiger charge is 2.22. The van der Waals surface area contributed by atoms with Crippen molar-refractivity contribution in [2.24, 2.45) is 5.73 Å². The number of fused-ring (bicyclic) bond motifs is 1. The van der Waals surface area contributed by atoms with Gasteiger partial charge in [-0.1, -0.05) is 6.07 Å². The monoisotopic (exact) mass is 276 g/mol. The summed E-state index contributed by atoms with van der Waals surface area (Å²) in [7, 11) is 0. The fourth-order valence-corrected chi connectivity index (χ4v) is 3.12. The van der Waals surface area contributed by atoms with Gasteiger partial charge >= 0.3 is 0 Å². The molecular formula is C16H24N2O2. The molecule has 4 heteroatoms. The normalized spacial score (nSPS) is 20.1. The highest BCUT2D eigenvalue weighted by atomic mass is 16.6. The van der Waals surface area contributed by atoms with Crippen molar-refractivity contribution in [3.05, 3.63) is 23.8 Å². The van der Waals surface area contributed by atoms with Crippen LogP contribution in [0.3, 0.4) is 0 Å². The summed E-state index contributed by atoms with van der Waals surface area (Å²) in [6.45, 7) is 5.62. The summed E-state index contributed by atoms with van der Waals surface area (Å²) in [5.41, 5.74) is 6.97. The lowest BCUT2D eigenvalue weighted by Gasteiger charge is -2.32. The minimum absolute atomic E-state index is 0.653. The fraction of sp³-hybridized carbons (Fsp3) is 0.625. The number of ether oxygens (including phenoxy) is 2. The molecule has 0 radical (unpaired) electrons. The second-order valence-electron chi connectivity index (χ2n) is 5.66. The van der Waals surface area contributed by atoms with Gasteiger partial charge in [-0.15, -0.1) is 0 Å². The fourth-order valence-electron chi connectivity index (χ4n) is 3.12. The summed E-state index contributed by atoms with van der Waals surface area (Å²) in [5.74, 6) is 2.46. The van der Waals surface area contributed by atoms with Crippen molar-refractivity contribution < 1.29 is 9.47 Å². The van der Waals surface area contributed by atoms with Crippen molar-refractivity contribution in [3.63, 3.8) is 0 Å².